The standard InChI is InChI=1S/C12H15NO6S/c1-3-13(8(2)11(14)15)20(18,19)10-6-4-9(5-7-10)12(16)17/h4-8H,3H2,1-2H3,(H,14,15)(H,16,17). The van der Waals surface area contributed by atoms with Gasteiger partial charge >= 0.3 is 11.9 Å². The topological polar surface area (TPSA) is 112 Å². The highest BCUT2D eigenvalue weighted by Gasteiger charge is 2.31. The zero-order valence-electron chi connectivity index (χ0n) is 11.0. The number of likely N-dealkylation sites (N-methyl/N-ethyl adjacent to an activating group) is 1. The second kappa shape index (κ2) is 6.02. The Bertz CT molecular complexity index is 607. The number of carbonyl (C=O) groups is 2. The molecule has 0 aliphatic heterocycles. The molecule has 110 valence electrons. The largest absolute Gasteiger partial charge is 0.480 e. The van der Waals surface area contributed by atoms with Crippen LogP contribution in [0, 0.1) is 0 Å². The fraction of sp³-hybridized carbons (Fsp3) is 0.333. The predicted molar refractivity (Wildman–Crippen MR) is 70.1 cm³/mol. The van der Waals surface area contributed by atoms with Crippen LogP contribution in [0.25, 0.3) is 0 Å². The zero-order valence-corrected chi connectivity index (χ0v) is 11.8. The Morgan fingerprint density at radius 1 is 1.20 bits per heavy atom. The van der Waals surface area contributed by atoms with Gasteiger partial charge in [-0.05, 0) is 31.2 Å². The van der Waals surface area contributed by atoms with Crippen LogP contribution in [0.1, 0.15) is 24.2 Å². The van der Waals surface area contributed by atoms with Crippen molar-refractivity contribution in [2.75, 3.05) is 6.54 Å². The molecule has 0 saturated heterocycles. The van der Waals surface area contributed by atoms with Gasteiger partial charge in [-0.25, -0.2) is 13.2 Å². The van der Waals surface area contributed by atoms with E-state index in [4.69, 9.17) is 10.2 Å². The first-order chi connectivity index (χ1) is 9.21. The molecular formula is C12H15NO6S. The van der Waals surface area contributed by atoms with E-state index in [2.05, 4.69) is 0 Å². The molecule has 1 aromatic rings. The Labute approximate surface area is 116 Å². The summed E-state index contributed by atoms with van der Waals surface area (Å²) in [5, 5.41) is 17.7. The van der Waals surface area contributed by atoms with Gasteiger partial charge in [0.25, 0.3) is 0 Å². The normalized spacial score (nSPS) is 13.2. The van der Waals surface area contributed by atoms with Gasteiger partial charge in [0.1, 0.15) is 6.04 Å². The smallest absolute Gasteiger partial charge is 0.335 e. The third-order valence-corrected chi connectivity index (χ3v) is 4.87. The van der Waals surface area contributed by atoms with Crippen molar-refractivity contribution in [2.24, 2.45) is 0 Å². The molecular weight excluding hydrogens is 286 g/mol. The monoisotopic (exact) mass is 301 g/mol. The van der Waals surface area contributed by atoms with E-state index in [1.54, 1.807) is 0 Å². The number of aliphatic carboxylic acids is 1. The molecule has 7 nitrogen and oxygen atoms in total. The number of hydrogen-bond acceptors (Lipinski definition) is 4. The van der Waals surface area contributed by atoms with Gasteiger partial charge < -0.3 is 10.2 Å². The Hall–Kier alpha value is -1.93. The van der Waals surface area contributed by atoms with Crippen molar-refractivity contribution in [3.8, 4) is 0 Å². The predicted octanol–water partition coefficient (Wildman–Crippen LogP) is 0.868. The summed E-state index contributed by atoms with van der Waals surface area (Å²) in [4.78, 5) is 21.5. The van der Waals surface area contributed by atoms with Crippen LogP contribution in [0.15, 0.2) is 29.2 Å². The summed E-state index contributed by atoms with van der Waals surface area (Å²) in [6.07, 6.45) is 0. The van der Waals surface area contributed by atoms with Gasteiger partial charge in [0.2, 0.25) is 10.0 Å². The highest BCUT2D eigenvalue weighted by Crippen LogP contribution is 2.19. The second-order valence-corrected chi connectivity index (χ2v) is 5.94. The molecule has 1 atom stereocenters. The fourth-order valence-corrected chi connectivity index (χ4v) is 3.28. The average Bonchev–Trinajstić information content (AvgIpc) is 2.39. The summed E-state index contributed by atoms with van der Waals surface area (Å²) in [7, 11) is -3.98. The molecule has 1 unspecified atom stereocenters. The molecule has 1 aromatic carbocycles. The van der Waals surface area contributed by atoms with E-state index < -0.39 is 28.0 Å². The molecule has 20 heavy (non-hydrogen) atoms. The molecule has 0 aromatic heterocycles. The zero-order chi connectivity index (χ0) is 15.5. The first kappa shape index (κ1) is 16.1. The van der Waals surface area contributed by atoms with Crippen molar-refractivity contribution < 1.29 is 28.2 Å². The van der Waals surface area contributed by atoms with E-state index in [0.29, 0.717) is 0 Å². The van der Waals surface area contributed by atoms with Crippen molar-refractivity contribution in [1.82, 2.24) is 4.31 Å². The first-order valence-corrected chi connectivity index (χ1v) is 7.23. The molecule has 1 rings (SSSR count). The summed E-state index contributed by atoms with van der Waals surface area (Å²) in [6.45, 7) is 2.80. The lowest BCUT2D eigenvalue weighted by molar-refractivity contribution is -0.140. The van der Waals surface area contributed by atoms with Crippen molar-refractivity contribution in [3.63, 3.8) is 0 Å². The third kappa shape index (κ3) is 3.14. The SMILES string of the molecule is CCN(C(C)C(=O)O)S(=O)(=O)c1ccc(C(=O)O)cc1. The number of carboxylic acid groups (broad SMARTS) is 2. The van der Waals surface area contributed by atoms with Gasteiger partial charge in [0, 0.05) is 6.54 Å². The van der Waals surface area contributed by atoms with Crippen LogP contribution < -0.4 is 0 Å². The van der Waals surface area contributed by atoms with E-state index in [-0.39, 0.29) is 17.0 Å². The summed E-state index contributed by atoms with van der Waals surface area (Å²) >= 11 is 0. The lowest BCUT2D eigenvalue weighted by Crippen LogP contribution is -2.42. The third-order valence-electron chi connectivity index (χ3n) is 2.81. The summed E-state index contributed by atoms with van der Waals surface area (Å²) in [6, 6.07) is 3.42. The molecule has 0 saturated carbocycles. The molecule has 0 amide bonds. The molecule has 0 spiro atoms. The minimum atomic E-state index is -3.98. The Balaban J connectivity index is 3.20. The quantitative estimate of drug-likeness (QED) is 0.806. The maximum absolute atomic E-state index is 12.3. The second-order valence-electron chi connectivity index (χ2n) is 4.05. The minimum Gasteiger partial charge on any atom is -0.480 e. The van der Waals surface area contributed by atoms with E-state index in [1.165, 1.54) is 13.8 Å². The number of sulfonamides is 1. The van der Waals surface area contributed by atoms with Crippen LogP contribution in [0.4, 0.5) is 0 Å². The number of carboxylic acids is 2. The lowest BCUT2D eigenvalue weighted by atomic mass is 10.2. The molecule has 0 bridgehead atoms. The molecule has 2 N–H and O–H groups in total. The van der Waals surface area contributed by atoms with E-state index in [0.717, 1.165) is 28.6 Å². The Morgan fingerprint density at radius 2 is 1.70 bits per heavy atom. The number of benzene rings is 1. The highest BCUT2D eigenvalue weighted by atomic mass is 32.2. The molecule has 0 heterocycles. The van der Waals surface area contributed by atoms with Crippen molar-refractivity contribution >= 4 is 22.0 Å². The van der Waals surface area contributed by atoms with Crippen LogP contribution in [-0.2, 0) is 14.8 Å². The fourth-order valence-electron chi connectivity index (χ4n) is 1.68. The van der Waals surface area contributed by atoms with Gasteiger partial charge in [-0.15, -0.1) is 0 Å². The van der Waals surface area contributed by atoms with Gasteiger partial charge in [-0.1, -0.05) is 6.92 Å². The van der Waals surface area contributed by atoms with Gasteiger partial charge in [0.15, 0.2) is 0 Å². The average molecular weight is 301 g/mol. The Morgan fingerprint density at radius 3 is 2.05 bits per heavy atom. The van der Waals surface area contributed by atoms with Crippen molar-refractivity contribution in [3.05, 3.63) is 29.8 Å². The molecule has 0 radical (unpaired) electrons. The number of rotatable bonds is 6. The maximum Gasteiger partial charge on any atom is 0.335 e. The van der Waals surface area contributed by atoms with Crippen LogP contribution in [0.5, 0.6) is 0 Å². The van der Waals surface area contributed by atoms with E-state index in [1.807, 2.05) is 0 Å². The number of aromatic carboxylic acids is 1. The molecule has 0 aliphatic rings. The summed E-state index contributed by atoms with van der Waals surface area (Å²) in [5.41, 5.74) is -0.0433. The van der Waals surface area contributed by atoms with Gasteiger partial charge in [-0.2, -0.15) is 4.31 Å². The maximum atomic E-state index is 12.3. The van der Waals surface area contributed by atoms with Crippen LogP contribution in [0.2, 0.25) is 0 Å². The molecule has 0 aliphatic carbocycles. The number of nitrogens with zero attached hydrogens (tertiary/aromatic N) is 1. The molecule has 0 fully saturated rings. The first-order valence-electron chi connectivity index (χ1n) is 5.79. The summed E-state index contributed by atoms with van der Waals surface area (Å²) < 4.78 is 25.4. The van der Waals surface area contributed by atoms with Crippen LogP contribution in [-0.4, -0.2) is 47.5 Å². The van der Waals surface area contributed by atoms with E-state index >= 15 is 0 Å². The Kier molecular flexibility index (Phi) is 4.85. The molecule has 8 heteroatoms. The van der Waals surface area contributed by atoms with Gasteiger partial charge in [0.05, 0.1) is 10.5 Å². The van der Waals surface area contributed by atoms with Crippen molar-refractivity contribution in [1.29, 1.82) is 0 Å². The minimum absolute atomic E-state index is 0.00349. The van der Waals surface area contributed by atoms with Crippen LogP contribution in [0.3, 0.4) is 0 Å². The van der Waals surface area contributed by atoms with E-state index in [9.17, 15) is 18.0 Å². The lowest BCUT2D eigenvalue weighted by Gasteiger charge is -2.24. The highest BCUT2D eigenvalue weighted by molar-refractivity contribution is 7.89. The van der Waals surface area contributed by atoms with Crippen molar-refractivity contribution in [2.45, 2.75) is 24.8 Å². The van der Waals surface area contributed by atoms with Gasteiger partial charge in [-0.3, -0.25) is 4.79 Å². The van der Waals surface area contributed by atoms with Crippen LogP contribution >= 0.6 is 0 Å². The number of hydrogen-bond donors (Lipinski definition) is 2. The summed E-state index contributed by atoms with van der Waals surface area (Å²) in [5.74, 6) is -2.42.